The molecular weight excluding hydrogens is 520 g/mol. The maximum Gasteiger partial charge on any atom is 0.184 e. The Balaban J connectivity index is 1.22. The van der Waals surface area contributed by atoms with E-state index in [1.807, 2.05) is 50.5 Å². The van der Waals surface area contributed by atoms with Gasteiger partial charge < -0.3 is 20.1 Å². The summed E-state index contributed by atoms with van der Waals surface area (Å²) in [5.74, 6) is 2.33. The first-order valence-electron chi connectivity index (χ1n) is 13.8. The SMILES string of the molecule is CCC(=O)c1cnc(Nc2ccc([C@H](C)N3CC4(COC4)C3)cn2)cc1Nc1cccc(-c2ncn(C)n2)c1OC. The number of aryl methyl sites for hydroxylation is 1. The first-order chi connectivity index (χ1) is 19.9. The van der Waals surface area contributed by atoms with Gasteiger partial charge in [0.1, 0.15) is 18.0 Å². The Bertz CT molecular complexity index is 1560. The third-order valence-electron chi connectivity index (χ3n) is 7.82. The Morgan fingerprint density at radius 3 is 2.51 bits per heavy atom. The van der Waals surface area contributed by atoms with Crippen molar-refractivity contribution in [2.24, 2.45) is 12.5 Å². The van der Waals surface area contributed by atoms with Crippen LogP contribution in [0.2, 0.25) is 0 Å². The highest BCUT2D eigenvalue weighted by atomic mass is 16.5. The predicted molar refractivity (Wildman–Crippen MR) is 156 cm³/mol. The second-order valence-corrected chi connectivity index (χ2v) is 10.8. The molecule has 3 aromatic heterocycles. The summed E-state index contributed by atoms with van der Waals surface area (Å²) >= 11 is 0. The summed E-state index contributed by atoms with van der Waals surface area (Å²) in [5, 5.41) is 11.1. The molecule has 2 aliphatic rings. The minimum Gasteiger partial charge on any atom is -0.494 e. The third kappa shape index (κ3) is 5.25. The van der Waals surface area contributed by atoms with Crippen LogP contribution in [-0.4, -0.2) is 68.8 Å². The number of nitrogens with one attached hydrogen (secondary N) is 2. The quantitative estimate of drug-likeness (QED) is 0.266. The minimum atomic E-state index is -0.0224. The van der Waals surface area contributed by atoms with Gasteiger partial charge in [0.25, 0.3) is 0 Å². The van der Waals surface area contributed by atoms with E-state index < -0.39 is 0 Å². The Kier molecular flexibility index (Phi) is 7.14. The first kappa shape index (κ1) is 26.9. The van der Waals surface area contributed by atoms with E-state index in [1.165, 1.54) is 5.56 Å². The third-order valence-corrected chi connectivity index (χ3v) is 7.82. The molecule has 41 heavy (non-hydrogen) atoms. The molecule has 0 amide bonds. The molecule has 1 spiro atoms. The molecule has 11 heteroatoms. The minimum absolute atomic E-state index is 0.0224. The van der Waals surface area contributed by atoms with Crippen molar-refractivity contribution in [3.8, 4) is 17.1 Å². The van der Waals surface area contributed by atoms with Crippen LogP contribution in [0.4, 0.5) is 23.0 Å². The van der Waals surface area contributed by atoms with Crippen LogP contribution in [0, 0.1) is 5.41 Å². The number of hydrogen-bond donors (Lipinski definition) is 2. The van der Waals surface area contributed by atoms with Crippen LogP contribution in [-0.2, 0) is 11.8 Å². The summed E-state index contributed by atoms with van der Waals surface area (Å²) in [6, 6.07) is 11.8. The lowest BCUT2D eigenvalue weighted by Crippen LogP contribution is -2.66. The van der Waals surface area contributed by atoms with Gasteiger partial charge >= 0.3 is 0 Å². The normalized spacial score (nSPS) is 16.5. The summed E-state index contributed by atoms with van der Waals surface area (Å²) in [5.41, 5.74) is 4.06. The number of ketones is 1. The summed E-state index contributed by atoms with van der Waals surface area (Å²) < 4.78 is 12.8. The number of carbonyl (C=O) groups is 1. The number of para-hydroxylation sites is 1. The van der Waals surface area contributed by atoms with Crippen LogP contribution in [0.5, 0.6) is 5.75 Å². The molecule has 2 fully saturated rings. The van der Waals surface area contributed by atoms with Gasteiger partial charge in [-0.2, -0.15) is 5.10 Å². The van der Waals surface area contributed by atoms with Crippen molar-refractivity contribution in [2.45, 2.75) is 26.3 Å². The van der Waals surface area contributed by atoms with E-state index in [1.54, 1.807) is 24.3 Å². The number of likely N-dealkylation sites (tertiary alicyclic amines) is 1. The van der Waals surface area contributed by atoms with E-state index >= 15 is 0 Å². The standard InChI is InChI=1S/C30H34N8O3/c1-5-25(39)22-13-32-27(35-26-10-9-20(12-31-26)19(2)38-14-30(15-38)16-41-17-30)11-24(22)34-23-8-6-7-21(28(23)40-4)29-33-18-37(3)36-29/h6-13,18-19H,5,14-17H2,1-4H3,(H2,31,32,34,35)/t19-/m0/s1. The lowest BCUT2D eigenvalue weighted by atomic mass is 9.77. The van der Waals surface area contributed by atoms with Gasteiger partial charge in [0.15, 0.2) is 17.4 Å². The molecule has 0 radical (unpaired) electrons. The van der Waals surface area contributed by atoms with Crippen LogP contribution in [0.1, 0.15) is 42.2 Å². The van der Waals surface area contributed by atoms with Crippen LogP contribution >= 0.6 is 0 Å². The highest BCUT2D eigenvalue weighted by molar-refractivity contribution is 6.02. The van der Waals surface area contributed by atoms with Gasteiger partial charge in [-0.25, -0.2) is 15.0 Å². The molecule has 0 unspecified atom stereocenters. The molecule has 0 aliphatic carbocycles. The maximum absolute atomic E-state index is 12.8. The molecule has 5 heterocycles. The summed E-state index contributed by atoms with van der Waals surface area (Å²) in [6.07, 6.45) is 5.49. The lowest BCUT2D eigenvalue weighted by Gasteiger charge is -2.57. The van der Waals surface area contributed by atoms with E-state index in [0.717, 1.165) is 31.9 Å². The van der Waals surface area contributed by atoms with E-state index in [2.05, 4.69) is 48.6 Å². The van der Waals surface area contributed by atoms with Crippen molar-refractivity contribution in [1.82, 2.24) is 29.6 Å². The molecule has 2 saturated heterocycles. The Morgan fingerprint density at radius 2 is 1.88 bits per heavy atom. The van der Waals surface area contributed by atoms with Crippen molar-refractivity contribution in [1.29, 1.82) is 0 Å². The zero-order chi connectivity index (χ0) is 28.6. The van der Waals surface area contributed by atoms with Gasteiger partial charge in [0, 0.05) is 56.5 Å². The maximum atomic E-state index is 12.8. The molecule has 6 rings (SSSR count). The average molecular weight is 555 g/mol. The van der Waals surface area contributed by atoms with Gasteiger partial charge in [-0.05, 0) is 30.7 Å². The molecule has 1 aromatic carbocycles. The van der Waals surface area contributed by atoms with E-state index in [9.17, 15) is 4.79 Å². The number of benzene rings is 1. The lowest BCUT2D eigenvalue weighted by molar-refractivity contribution is -0.197. The second kappa shape index (κ2) is 10.9. The number of Topliss-reactive ketones (excluding diaryl/α,β-unsaturated/α-hetero) is 1. The van der Waals surface area contributed by atoms with Crippen molar-refractivity contribution < 1.29 is 14.3 Å². The Morgan fingerprint density at radius 1 is 1.07 bits per heavy atom. The highest BCUT2D eigenvalue weighted by Gasteiger charge is 2.50. The summed E-state index contributed by atoms with van der Waals surface area (Å²) in [4.78, 5) is 28.8. The molecule has 0 saturated carbocycles. The predicted octanol–water partition coefficient (Wildman–Crippen LogP) is 4.75. The van der Waals surface area contributed by atoms with Gasteiger partial charge in [-0.3, -0.25) is 14.4 Å². The monoisotopic (exact) mass is 554 g/mol. The zero-order valence-corrected chi connectivity index (χ0v) is 23.7. The topological polar surface area (TPSA) is 119 Å². The molecule has 11 nitrogen and oxygen atoms in total. The Labute approximate surface area is 238 Å². The fourth-order valence-corrected chi connectivity index (χ4v) is 5.41. The van der Waals surface area contributed by atoms with Gasteiger partial charge in [-0.15, -0.1) is 0 Å². The van der Waals surface area contributed by atoms with E-state index in [4.69, 9.17) is 9.47 Å². The molecule has 212 valence electrons. The van der Waals surface area contributed by atoms with Crippen molar-refractivity contribution in [3.05, 3.63) is 66.2 Å². The molecule has 4 aromatic rings. The number of nitrogens with zero attached hydrogens (tertiary/aromatic N) is 6. The van der Waals surface area contributed by atoms with E-state index in [-0.39, 0.29) is 5.78 Å². The van der Waals surface area contributed by atoms with Crippen LogP contribution in [0.3, 0.4) is 0 Å². The molecule has 2 N–H and O–H groups in total. The first-order valence-corrected chi connectivity index (χ1v) is 13.8. The zero-order valence-electron chi connectivity index (χ0n) is 23.7. The molecule has 0 bridgehead atoms. The highest BCUT2D eigenvalue weighted by Crippen LogP contribution is 2.42. The van der Waals surface area contributed by atoms with Crippen molar-refractivity contribution >= 4 is 28.8 Å². The number of hydrogen-bond acceptors (Lipinski definition) is 10. The van der Waals surface area contributed by atoms with Gasteiger partial charge in [-0.1, -0.05) is 19.1 Å². The second-order valence-electron chi connectivity index (χ2n) is 10.8. The largest absolute Gasteiger partial charge is 0.494 e. The van der Waals surface area contributed by atoms with Crippen LogP contribution in [0.25, 0.3) is 11.4 Å². The summed E-state index contributed by atoms with van der Waals surface area (Å²) in [7, 11) is 3.41. The number of ether oxygens (including phenoxy) is 2. The fraction of sp³-hybridized carbons (Fsp3) is 0.367. The van der Waals surface area contributed by atoms with Crippen molar-refractivity contribution in [2.75, 3.05) is 44.0 Å². The van der Waals surface area contributed by atoms with E-state index in [0.29, 0.717) is 58.0 Å². The number of methoxy groups -OCH3 is 1. The number of carbonyl (C=O) groups excluding carboxylic acids is 1. The molecule has 1 atom stereocenters. The van der Waals surface area contributed by atoms with Gasteiger partial charge in [0.05, 0.1) is 42.8 Å². The number of aromatic nitrogens is 5. The Hall–Kier alpha value is -4.35. The number of pyridine rings is 2. The smallest absolute Gasteiger partial charge is 0.184 e. The molecule has 2 aliphatic heterocycles. The number of rotatable bonds is 10. The van der Waals surface area contributed by atoms with Gasteiger partial charge in [0.2, 0.25) is 0 Å². The number of anilines is 4. The van der Waals surface area contributed by atoms with Crippen LogP contribution < -0.4 is 15.4 Å². The van der Waals surface area contributed by atoms with Crippen molar-refractivity contribution in [3.63, 3.8) is 0 Å². The molecular formula is C30H34N8O3. The van der Waals surface area contributed by atoms with Crippen LogP contribution in [0.15, 0.2) is 55.1 Å². The average Bonchev–Trinajstić information content (AvgIpc) is 3.37. The fourth-order valence-electron chi connectivity index (χ4n) is 5.41. The summed E-state index contributed by atoms with van der Waals surface area (Å²) in [6.45, 7) is 7.95.